The van der Waals surface area contributed by atoms with Crippen molar-refractivity contribution in [2.75, 3.05) is 56.8 Å². The molecular formula is C18H27N7O3. The minimum atomic E-state index is 0.214. The monoisotopic (exact) mass is 389 g/mol. The summed E-state index contributed by atoms with van der Waals surface area (Å²) >= 11 is 0. The first-order valence-electron chi connectivity index (χ1n) is 9.03. The van der Waals surface area contributed by atoms with Gasteiger partial charge in [-0.25, -0.2) is 0 Å². The lowest BCUT2D eigenvalue weighted by Crippen LogP contribution is -2.16. The molecule has 2 heterocycles. The summed E-state index contributed by atoms with van der Waals surface area (Å²) < 4.78 is 16.1. The summed E-state index contributed by atoms with van der Waals surface area (Å²) in [6, 6.07) is 4.04. The molecule has 0 aliphatic rings. The van der Waals surface area contributed by atoms with E-state index in [2.05, 4.69) is 37.1 Å². The molecule has 0 spiro atoms. The van der Waals surface area contributed by atoms with Gasteiger partial charge in [0.25, 0.3) is 0 Å². The van der Waals surface area contributed by atoms with Crippen LogP contribution in [-0.2, 0) is 16.0 Å². The number of nitrogens with zero attached hydrogens (tertiary/aromatic N) is 4. The van der Waals surface area contributed by atoms with E-state index in [9.17, 15) is 0 Å². The molecule has 0 saturated carbocycles. The summed E-state index contributed by atoms with van der Waals surface area (Å²) in [5.41, 5.74) is 6.41. The molecule has 0 radical (unpaired) electrons. The molecule has 0 atom stereocenters. The fourth-order valence-corrected chi connectivity index (χ4v) is 2.03. The van der Waals surface area contributed by atoms with Crippen LogP contribution in [0.5, 0.6) is 6.01 Å². The lowest BCUT2D eigenvalue weighted by atomic mass is 10.3. The van der Waals surface area contributed by atoms with Crippen molar-refractivity contribution in [3.8, 4) is 6.01 Å². The first-order valence-corrected chi connectivity index (χ1v) is 9.03. The van der Waals surface area contributed by atoms with E-state index in [1.165, 1.54) is 0 Å². The number of ether oxygens (including phenoxy) is 3. The van der Waals surface area contributed by atoms with Gasteiger partial charge in [-0.05, 0) is 17.7 Å². The predicted octanol–water partition coefficient (Wildman–Crippen LogP) is 0.847. The van der Waals surface area contributed by atoms with Crippen LogP contribution in [0.3, 0.4) is 0 Å². The Morgan fingerprint density at radius 2 is 1.68 bits per heavy atom. The fraction of sp³-hybridized carbons (Fsp3) is 0.444. The van der Waals surface area contributed by atoms with Crippen molar-refractivity contribution in [2.45, 2.75) is 6.54 Å². The van der Waals surface area contributed by atoms with Crippen LogP contribution in [0, 0.1) is 0 Å². The van der Waals surface area contributed by atoms with Crippen molar-refractivity contribution in [3.63, 3.8) is 0 Å². The minimum absolute atomic E-state index is 0.214. The maximum absolute atomic E-state index is 5.47. The summed E-state index contributed by atoms with van der Waals surface area (Å²) in [7, 11) is 0. The van der Waals surface area contributed by atoms with Gasteiger partial charge >= 0.3 is 6.01 Å². The SMILES string of the molecule is C=CCOc1nc(NCCOCCOCCN)nc(NCc2ccncc2)n1. The highest BCUT2D eigenvalue weighted by Crippen LogP contribution is 2.12. The van der Waals surface area contributed by atoms with Gasteiger partial charge < -0.3 is 30.6 Å². The van der Waals surface area contributed by atoms with Gasteiger partial charge in [-0.15, -0.1) is 0 Å². The fourth-order valence-electron chi connectivity index (χ4n) is 2.03. The van der Waals surface area contributed by atoms with E-state index in [1.807, 2.05) is 12.1 Å². The Kier molecular flexibility index (Phi) is 10.3. The maximum Gasteiger partial charge on any atom is 0.323 e. The Morgan fingerprint density at radius 1 is 0.964 bits per heavy atom. The number of rotatable bonds is 15. The Labute approximate surface area is 164 Å². The Balaban J connectivity index is 1.84. The summed E-state index contributed by atoms with van der Waals surface area (Å²) in [6.45, 7) is 7.58. The number of pyridine rings is 1. The summed E-state index contributed by atoms with van der Waals surface area (Å²) in [4.78, 5) is 16.8. The largest absolute Gasteiger partial charge is 0.459 e. The minimum Gasteiger partial charge on any atom is -0.459 e. The van der Waals surface area contributed by atoms with Crippen LogP contribution < -0.4 is 21.1 Å². The van der Waals surface area contributed by atoms with Crippen LogP contribution in [0.15, 0.2) is 37.2 Å². The van der Waals surface area contributed by atoms with E-state index < -0.39 is 0 Å². The highest BCUT2D eigenvalue weighted by atomic mass is 16.5. The first-order chi connectivity index (χ1) is 13.8. The second-order valence-electron chi connectivity index (χ2n) is 5.51. The molecule has 0 saturated heterocycles. The molecule has 4 N–H and O–H groups in total. The highest BCUT2D eigenvalue weighted by Gasteiger charge is 2.07. The van der Waals surface area contributed by atoms with Crippen molar-refractivity contribution in [2.24, 2.45) is 5.73 Å². The third kappa shape index (κ3) is 8.71. The number of hydrogen-bond acceptors (Lipinski definition) is 10. The molecule has 10 nitrogen and oxygen atoms in total. The predicted molar refractivity (Wildman–Crippen MR) is 106 cm³/mol. The van der Waals surface area contributed by atoms with Crippen LogP contribution in [-0.4, -0.2) is 66.1 Å². The molecule has 0 aliphatic heterocycles. The molecule has 0 unspecified atom stereocenters. The van der Waals surface area contributed by atoms with Crippen LogP contribution in [0.2, 0.25) is 0 Å². The van der Waals surface area contributed by atoms with Gasteiger partial charge in [-0.2, -0.15) is 15.0 Å². The van der Waals surface area contributed by atoms with Gasteiger partial charge in [0.15, 0.2) is 0 Å². The van der Waals surface area contributed by atoms with E-state index in [0.29, 0.717) is 64.6 Å². The van der Waals surface area contributed by atoms with Crippen molar-refractivity contribution < 1.29 is 14.2 Å². The third-order valence-corrected chi connectivity index (χ3v) is 3.31. The third-order valence-electron chi connectivity index (χ3n) is 3.31. The van der Waals surface area contributed by atoms with E-state index in [1.54, 1.807) is 18.5 Å². The highest BCUT2D eigenvalue weighted by molar-refractivity contribution is 5.36. The number of hydrogen-bond donors (Lipinski definition) is 3. The average molecular weight is 389 g/mol. The normalized spacial score (nSPS) is 10.5. The molecule has 28 heavy (non-hydrogen) atoms. The second-order valence-corrected chi connectivity index (χ2v) is 5.51. The standard InChI is InChI=1S/C18H27N7O3/c1-2-9-28-18-24-16(21-8-11-27-13-12-26-10-5-19)23-17(25-18)22-14-15-3-6-20-7-4-15/h2-4,6-7H,1,5,8-14,19H2,(H2,21,22,23,24,25). The molecule has 2 rings (SSSR count). The molecule has 0 bridgehead atoms. The molecule has 152 valence electrons. The molecule has 0 aromatic carbocycles. The van der Waals surface area contributed by atoms with E-state index in [4.69, 9.17) is 19.9 Å². The van der Waals surface area contributed by atoms with Gasteiger partial charge in [0.2, 0.25) is 11.9 Å². The van der Waals surface area contributed by atoms with Crippen molar-refractivity contribution in [3.05, 3.63) is 42.7 Å². The Bertz CT molecular complexity index is 688. The molecule has 0 amide bonds. The number of aromatic nitrogens is 4. The zero-order valence-electron chi connectivity index (χ0n) is 15.8. The van der Waals surface area contributed by atoms with Gasteiger partial charge in [-0.1, -0.05) is 12.7 Å². The molecule has 2 aromatic heterocycles. The molecule has 0 fully saturated rings. The molecule has 10 heteroatoms. The zero-order chi connectivity index (χ0) is 19.9. The molecule has 0 aliphatic carbocycles. The van der Waals surface area contributed by atoms with Gasteiger partial charge in [0, 0.05) is 32.0 Å². The second kappa shape index (κ2) is 13.4. The number of nitrogens with two attached hydrogens (primary N) is 1. The van der Waals surface area contributed by atoms with Crippen molar-refractivity contribution in [1.82, 2.24) is 19.9 Å². The summed E-state index contributed by atoms with van der Waals surface area (Å²) in [6.07, 6.45) is 5.09. The van der Waals surface area contributed by atoms with Crippen LogP contribution in [0.4, 0.5) is 11.9 Å². The lowest BCUT2D eigenvalue weighted by molar-refractivity contribution is 0.0547. The van der Waals surface area contributed by atoms with Crippen LogP contribution in [0.25, 0.3) is 0 Å². The van der Waals surface area contributed by atoms with Crippen LogP contribution >= 0.6 is 0 Å². The van der Waals surface area contributed by atoms with E-state index >= 15 is 0 Å². The molecule has 2 aromatic rings. The zero-order valence-corrected chi connectivity index (χ0v) is 15.8. The average Bonchev–Trinajstić information content (AvgIpc) is 2.73. The first kappa shape index (κ1) is 21.5. The quantitative estimate of drug-likeness (QED) is 0.298. The summed E-state index contributed by atoms with van der Waals surface area (Å²) in [5.74, 6) is 0.804. The van der Waals surface area contributed by atoms with Crippen molar-refractivity contribution in [1.29, 1.82) is 0 Å². The van der Waals surface area contributed by atoms with E-state index in [0.717, 1.165) is 5.56 Å². The number of anilines is 2. The topological polar surface area (TPSA) is 129 Å². The maximum atomic E-state index is 5.47. The van der Waals surface area contributed by atoms with Gasteiger partial charge in [0.05, 0.1) is 26.4 Å². The van der Waals surface area contributed by atoms with E-state index in [-0.39, 0.29) is 6.01 Å². The number of nitrogens with one attached hydrogen (secondary N) is 2. The summed E-state index contributed by atoms with van der Waals surface area (Å²) in [5, 5.41) is 6.25. The molecular weight excluding hydrogens is 362 g/mol. The lowest BCUT2D eigenvalue weighted by Gasteiger charge is -2.10. The van der Waals surface area contributed by atoms with Gasteiger partial charge in [0.1, 0.15) is 6.61 Å². The smallest absolute Gasteiger partial charge is 0.323 e. The van der Waals surface area contributed by atoms with Gasteiger partial charge in [-0.3, -0.25) is 4.98 Å². The Morgan fingerprint density at radius 3 is 2.39 bits per heavy atom. The van der Waals surface area contributed by atoms with Crippen molar-refractivity contribution >= 4 is 11.9 Å². The Hall–Kier alpha value is -2.82. The van der Waals surface area contributed by atoms with Crippen LogP contribution in [0.1, 0.15) is 5.56 Å².